The minimum Gasteiger partial charge on any atom is -0.382 e. The molecule has 0 atom stereocenters. The molecule has 2 rings (SSSR count). The zero-order chi connectivity index (χ0) is 10.6. The lowest BCUT2D eigenvalue weighted by Crippen LogP contribution is -2.12. The third kappa shape index (κ3) is 1.91. The Kier molecular flexibility index (Phi) is 3.98. The van der Waals surface area contributed by atoms with Gasteiger partial charge in [-0.25, -0.2) is 4.98 Å². The molecule has 3 heteroatoms. The van der Waals surface area contributed by atoms with Crippen molar-refractivity contribution < 1.29 is 0 Å². The van der Waals surface area contributed by atoms with E-state index in [1.807, 2.05) is 13.8 Å². The fraction of sp³-hybridized carbons (Fsp3) is 0.727. The SMILES string of the molecule is CC.CCc1c(N)nc2n1CCCC2. The first kappa shape index (κ1) is 11.1. The Morgan fingerprint density at radius 2 is 2.07 bits per heavy atom. The predicted molar refractivity (Wildman–Crippen MR) is 60.3 cm³/mol. The van der Waals surface area contributed by atoms with E-state index in [1.54, 1.807) is 0 Å². The number of hydrogen-bond donors (Lipinski definition) is 1. The summed E-state index contributed by atoms with van der Waals surface area (Å²) in [6.45, 7) is 7.25. The molecule has 2 N–H and O–H groups in total. The molecule has 0 unspecified atom stereocenters. The lowest BCUT2D eigenvalue weighted by atomic mass is 10.1. The van der Waals surface area contributed by atoms with Crippen LogP contribution >= 0.6 is 0 Å². The average Bonchev–Trinajstić information content (AvgIpc) is 2.56. The van der Waals surface area contributed by atoms with Gasteiger partial charge in [-0.1, -0.05) is 20.8 Å². The van der Waals surface area contributed by atoms with Gasteiger partial charge in [-0.2, -0.15) is 0 Å². The highest BCUT2D eigenvalue weighted by molar-refractivity contribution is 5.37. The first-order valence-corrected chi connectivity index (χ1v) is 5.66. The molecule has 80 valence electrons. The summed E-state index contributed by atoms with van der Waals surface area (Å²) in [5, 5.41) is 0. The van der Waals surface area contributed by atoms with Crippen LogP contribution in [0.2, 0.25) is 0 Å². The van der Waals surface area contributed by atoms with Crippen molar-refractivity contribution in [3.8, 4) is 0 Å². The van der Waals surface area contributed by atoms with E-state index < -0.39 is 0 Å². The van der Waals surface area contributed by atoms with Gasteiger partial charge in [0.15, 0.2) is 0 Å². The van der Waals surface area contributed by atoms with Crippen LogP contribution in [0.3, 0.4) is 0 Å². The first-order chi connectivity index (χ1) is 6.83. The molecule has 0 amide bonds. The minimum absolute atomic E-state index is 0.745. The third-order valence-electron chi connectivity index (χ3n) is 2.55. The van der Waals surface area contributed by atoms with Crippen molar-refractivity contribution in [1.29, 1.82) is 0 Å². The average molecular weight is 195 g/mol. The number of aromatic nitrogens is 2. The van der Waals surface area contributed by atoms with Crippen molar-refractivity contribution >= 4 is 5.82 Å². The Hall–Kier alpha value is -0.990. The quantitative estimate of drug-likeness (QED) is 0.747. The summed E-state index contributed by atoms with van der Waals surface area (Å²) in [5.41, 5.74) is 7.03. The molecule has 0 saturated heterocycles. The van der Waals surface area contributed by atoms with Gasteiger partial charge in [0, 0.05) is 13.0 Å². The Morgan fingerprint density at radius 1 is 1.36 bits per heavy atom. The van der Waals surface area contributed by atoms with Crippen molar-refractivity contribution in [3.63, 3.8) is 0 Å². The molecule has 0 aromatic carbocycles. The fourth-order valence-electron chi connectivity index (χ4n) is 1.94. The van der Waals surface area contributed by atoms with E-state index in [2.05, 4.69) is 16.5 Å². The van der Waals surface area contributed by atoms with Gasteiger partial charge in [0.25, 0.3) is 0 Å². The summed E-state index contributed by atoms with van der Waals surface area (Å²) in [4.78, 5) is 4.36. The maximum absolute atomic E-state index is 5.80. The topological polar surface area (TPSA) is 43.8 Å². The fourth-order valence-corrected chi connectivity index (χ4v) is 1.94. The van der Waals surface area contributed by atoms with Crippen LogP contribution in [0.15, 0.2) is 0 Å². The molecule has 0 saturated carbocycles. The van der Waals surface area contributed by atoms with E-state index >= 15 is 0 Å². The second kappa shape index (κ2) is 5.03. The monoisotopic (exact) mass is 195 g/mol. The molecule has 1 aromatic heterocycles. The molecule has 1 aromatic rings. The molecular formula is C11H21N3. The molecule has 0 aliphatic carbocycles. The van der Waals surface area contributed by atoms with Crippen LogP contribution in [0.4, 0.5) is 5.82 Å². The van der Waals surface area contributed by atoms with Gasteiger partial charge in [-0.3, -0.25) is 0 Å². The largest absolute Gasteiger partial charge is 0.382 e. The Morgan fingerprint density at radius 3 is 2.71 bits per heavy atom. The normalized spacial score (nSPS) is 14.2. The van der Waals surface area contributed by atoms with Crippen LogP contribution in [0, 0.1) is 0 Å². The zero-order valence-corrected chi connectivity index (χ0v) is 9.51. The highest BCUT2D eigenvalue weighted by atomic mass is 15.1. The van der Waals surface area contributed by atoms with Crippen molar-refractivity contribution in [2.45, 2.75) is 53.0 Å². The van der Waals surface area contributed by atoms with Crippen molar-refractivity contribution in [2.75, 3.05) is 5.73 Å². The van der Waals surface area contributed by atoms with Gasteiger partial charge in [-0.15, -0.1) is 0 Å². The van der Waals surface area contributed by atoms with E-state index in [9.17, 15) is 0 Å². The number of anilines is 1. The van der Waals surface area contributed by atoms with Gasteiger partial charge >= 0.3 is 0 Å². The Labute approximate surface area is 86.3 Å². The number of nitrogen functional groups attached to an aromatic ring is 1. The number of rotatable bonds is 1. The van der Waals surface area contributed by atoms with Crippen molar-refractivity contribution in [3.05, 3.63) is 11.5 Å². The molecule has 1 aliphatic rings. The summed E-state index contributed by atoms with van der Waals surface area (Å²) in [6.07, 6.45) is 4.64. The second-order valence-electron chi connectivity index (χ2n) is 3.32. The number of nitrogens with zero attached hydrogens (tertiary/aromatic N) is 2. The highest BCUT2D eigenvalue weighted by Gasteiger charge is 2.15. The molecule has 0 bridgehead atoms. The maximum atomic E-state index is 5.80. The predicted octanol–water partition coefficient (Wildman–Crippen LogP) is 2.39. The van der Waals surface area contributed by atoms with Crippen molar-refractivity contribution in [2.24, 2.45) is 0 Å². The maximum Gasteiger partial charge on any atom is 0.145 e. The summed E-state index contributed by atoms with van der Waals surface area (Å²) in [6, 6.07) is 0. The van der Waals surface area contributed by atoms with Crippen LogP contribution in [-0.4, -0.2) is 9.55 Å². The standard InChI is InChI=1S/C9H15N3.C2H6/c1-2-7-9(10)11-8-5-3-4-6-12(7)8;1-2/h2-6,10H2,1H3;1-2H3. The molecule has 0 fully saturated rings. The first-order valence-electron chi connectivity index (χ1n) is 5.66. The number of aryl methyl sites for hydroxylation is 1. The lowest BCUT2D eigenvalue weighted by Gasteiger charge is -2.15. The summed E-state index contributed by atoms with van der Waals surface area (Å²) < 4.78 is 2.29. The molecule has 0 spiro atoms. The third-order valence-corrected chi connectivity index (χ3v) is 2.55. The van der Waals surface area contributed by atoms with Crippen LogP contribution in [0.1, 0.15) is 45.1 Å². The van der Waals surface area contributed by atoms with E-state index in [0.717, 1.165) is 25.2 Å². The van der Waals surface area contributed by atoms with Crippen LogP contribution < -0.4 is 5.73 Å². The summed E-state index contributed by atoms with van der Waals surface area (Å²) in [5.74, 6) is 1.94. The smallest absolute Gasteiger partial charge is 0.145 e. The molecular weight excluding hydrogens is 174 g/mol. The lowest BCUT2D eigenvalue weighted by molar-refractivity contribution is 0.510. The van der Waals surface area contributed by atoms with Gasteiger partial charge < -0.3 is 10.3 Å². The number of hydrogen-bond acceptors (Lipinski definition) is 2. The number of imidazole rings is 1. The summed E-state index contributed by atoms with van der Waals surface area (Å²) in [7, 11) is 0. The molecule has 1 aliphatic heterocycles. The van der Waals surface area contributed by atoms with Crippen molar-refractivity contribution in [1.82, 2.24) is 9.55 Å². The molecule has 14 heavy (non-hydrogen) atoms. The van der Waals surface area contributed by atoms with E-state index in [0.29, 0.717) is 0 Å². The Bertz CT molecular complexity index is 289. The van der Waals surface area contributed by atoms with Gasteiger partial charge in [0.2, 0.25) is 0 Å². The molecule has 2 heterocycles. The van der Waals surface area contributed by atoms with Gasteiger partial charge in [0.05, 0.1) is 5.69 Å². The summed E-state index contributed by atoms with van der Waals surface area (Å²) >= 11 is 0. The van der Waals surface area contributed by atoms with Gasteiger partial charge in [-0.05, 0) is 19.3 Å². The molecule has 3 nitrogen and oxygen atoms in total. The highest BCUT2D eigenvalue weighted by Crippen LogP contribution is 2.21. The van der Waals surface area contributed by atoms with E-state index in [4.69, 9.17) is 5.73 Å². The van der Waals surface area contributed by atoms with Crippen LogP contribution in [-0.2, 0) is 19.4 Å². The minimum atomic E-state index is 0.745. The van der Waals surface area contributed by atoms with E-state index in [-0.39, 0.29) is 0 Å². The molecule has 0 radical (unpaired) electrons. The van der Waals surface area contributed by atoms with Crippen LogP contribution in [0.5, 0.6) is 0 Å². The van der Waals surface area contributed by atoms with Gasteiger partial charge in [0.1, 0.15) is 11.6 Å². The zero-order valence-electron chi connectivity index (χ0n) is 9.51. The Balaban J connectivity index is 0.000000461. The van der Waals surface area contributed by atoms with Crippen LogP contribution in [0.25, 0.3) is 0 Å². The van der Waals surface area contributed by atoms with E-state index in [1.165, 1.54) is 24.4 Å². The number of nitrogens with two attached hydrogens (primary N) is 1. The second-order valence-corrected chi connectivity index (χ2v) is 3.32. The number of fused-ring (bicyclic) bond motifs is 1.